The van der Waals surface area contributed by atoms with E-state index in [4.69, 9.17) is 10.8 Å². The maximum Gasteiger partial charge on any atom is 0.436 e. The Labute approximate surface area is 212 Å². The Kier molecular flexibility index (Phi) is 6.30. The number of hydrogen-bond donors (Lipinski definition) is 1. The second kappa shape index (κ2) is 9.20. The quantitative estimate of drug-likeness (QED) is 0.510. The first-order chi connectivity index (χ1) is 17.6. The second-order valence-corrected chi connectivity index (χ2v) is 11.7. The van der Waals surface area contributed by atoms with Crippen molar-refractivity contribution in [3.63, 3.8) is 0 Å². The van der Waals surface area contributed by atoms with Gasteiger partial charge in [0.15, 0.2) is 0 Å². The number of aryl methyl sites for hydroxylation is 1. The minimum absolute atomic E-state index is 0.0128. The van der Waals surface area contributed by atoms with Crippen LogP contribution in [0.5, 0.6) is 0 Å². The fourth-order valence-corrected chi connectivity index (χ4v) is 7.46. The molecule has 0 bridgehead atoms. The lowest BCUT2D eigenvalue weighted by Gasteiger charge is -2.43. The molecule has 1 N–H and O–H groups in total. The minimum atomic E-state index is -3.98. The highest BCUT2D eigenvalue weighted by Gasteiger charge is 2.52. The highest BCUT2D eigenvalue weighted by atomic mass is 32.2. The van der Waals surface area contributed by atoms with Gasteiger partial charge in [0.05, 0.1) is 17.6 Å². The zero-order valence-corrected chi connectivity index (χ0v) is 20.8. The van der Waals surface area contributed by atoms with Gasteiger partial charge >= 0.3 is 5.76 Å². The SMILES string of the molecule is C#C[C@H]1CC[C@H](c2ccccc2)S(=O)(=O)N1Cc1cc(F)c([C@]2(c3nn(C)c(=O)o3)C[C@@H](O)C2)cc1F. The van der Waals surface area contributed by atoms with Crippen LogP contribution in [0.1, 0.15) is 53.5 Å². The third-order valence-corrected chi connectivity index (χ3v) is 9.61. The summed E-state index contributed by atoms with van der Waals surface area (Å²) in [6.45, 7) is -0.447. The number of nitrogens with zero attached hydrogens (tertiary/aromatic N) is 3. The summed E-state index contributed by atoms with van der Waals surface area (Å²) < 4.78 is 65.3. The molecule has 8 nitrogen and oxygen atoms in total. The molecule has 1 aliphatic carbocycles. The zero-order chi connectivity index (χ0) is 26.5. The molecule has 1 aliphatic heterocycles. The Bertz CT molecular complexity index is 1540. The zero-order valence-electron chi connectivity index (χ0n) is 20.0. The lowest BCUT2D eigenvalue weighted by molar-refractivity contribution is 0.0226. The van der Waals surface area contributed by atoms with E-state index in [9.17, 15) is 18.3 Å². The number of aliphatic hydroxyl groups is 1. The molecule has 37 heavy (non-hydrogen) atoms. The van der Waals surface area contributed by atoms with Gasteiger partial charge in [-0.05, 0) is 43.4 Å². The predicted octanol–water partition coefficient (Wildman–Crippen LogP) is 2.76. The molecule has 5 rings (SSSR count). The van der Waals surface area contributed by atoms with E-state index in [1.54, 1.807) is 30.3 Å². The van der Waals surface area contributed by atoms with E-state index in [0.717, 1.165) is 21.1 Å². The van der Waals surface area contributed by atoms with E-state index >= 15 is 8.78 Å². The van der Waals surface area contributed by atoms with Gasteiger partial charge in [-0.2, -0.15) is 8.99 Å². The third-order valence-electron chi connectivity index (χ3n) is 7.34. The molecular weight excluding hydrogens is 504 g/mol. The van der Waals surface area contributed by atoms with Crippen molar-refractivity contribution in [3.05, 3.63) is 87.2 Å². The van der Waals surface area contributed by atoms with Gasteiger partial charge in [-0.25, -0.2) is 22.0 Å². The molecule has 194 valence electrons. The molecule has 1 saturated carbocycles. The molecular formula is C26H25F2N3O5S. The number of aromatic nitrogens is 2. The van der Waals surface area contributed by atoms with Gasteiger partial charge in [0, 0.05) is 24.7 Å². The molecule has 2 atom stereocenters. The topological polar surface area (TPSA) is 106 Å². The lowest BCUT2D eigenvalue weighted by Crippen LogP contribution is -2.47. The van der Waals surface area contributed by atoms with Crippen molar-refractivity contribution < 1.29 is 26.7 Å². The van der Waals surface area contributed by atoms with E-state index in [1.165, 1.54) is 7.05 Å². The normalized spacial score (nSPS) is 27.4. The van der Waals surface area contributed by atoms with E-state index < -0.39 is 56.8 Å². The summed E-state index contributed by atoms with van der Waals surface area (Å²) in [6.07, 6.45) is 5.48. The number of sulfonamides is 1. The Balaban J connectivity index is 1.51. The van der Waals surface area contributed by atoms with Crippen LogP contribution in [0.4, 0.5) is 8.78 Å². The maximum absolute atomic E-state index is 15.5. The number of halogens is 2. The largest absolute Gasteiger partial charge is 0.436 e. The third kappa shape index (κ3) is 4.19. The molecule has 2 fully saturated rings. The van der Waals surface area contributed by atoms with Crippen LogP contribution in [0.2, 0.25) is 0 Å². The number of rotatable bonds is 5. The van der Waals surface area contributed by atoms with Gasteiger partial charge in [0.1, 0.15) is 16.9 Å². The van der Waals surface area contributed by atoms with E-state index in [2.05, 4.69) is 11.0 Å². The number of benzene rings is 2. The summed E-state index contributed by atoms with van der Waals surface area (Å²) >= 11 is 0. The van der Waals surface area contributed by atoms with Gasteiger partial charge in [0.2, 0.25) is 15.9 Å². The second-order valence-electron chi connectivity index (χ2n) is 9.61. The van der Waals surface area contributed by atoms with Crippen LogP contribution >= 0.6 is 0 Å². The van der Waals surface area contributed by atoms with Crippen LogP contribution in [0.3, 0.4) is 0 Å². The van der Waals surface area contributed by atoms with Crippen molar-refractivity contribution in [2.45, 2.75) is 55.0 Å². The minimum Gasteiger partial charge on any atom is -0.393 e. The maximum atomic E-state index is 15.5. The molecule has 2 heterocycles. The number of terminal acetylenes is 1. The molecule has 2 aromatic carbocycles. The van der Waals surface area contributed by atoms with Crippen molar-refractivity contribution in [1.29, 1.82) is 0 Å². The summed E-state index contributed by atoms with van der Waals surface area (Å²) in [4.78, 5) is 11.8. The Morgan fingerprint density at radius 1 is 1.19 bits per heavy atom. The predicted molar refractivity (Wildman–Crippen MR) is 130 cm³/mol. The van der Waals surface area contributed by atoms with E-state index in [-0.39, 0.29) is 29.9 Å². The first-order valence-electron chi connectivity index (χ1n) is 11.8. The molecule has 1 aromatic heterocycles. The molecule has 3 aromatic rings. The Morgan fingerprint density at radius 3 is 2.49 bits per heavy atom. The average Bonchev–Trinajstić information content (AvgIpc) is 3.18. The molecule has 0 spiro atoms. The van der Waals surface area contributed by atoms with Crippen molar-refractivity contribution in [1.82, 2.24) is 14.1 Å². The monoisotopic (exact) mass is 529 g/mol. The van der Waals surface area contributed by atoms with Crippen molar-refractivity contribution in [3.8, 4) is 12.3 Å². The summed E-state index contributed by atoms with van der Waals surface area (Å²) in [7, 11) is -2.62. The smallest absolute Gasteiger partial charge is 0.393 e. The van der Waals surface area contributed by atoms with Gasteiger partial charge in [-0.3, -0.25) is 0 Å². The lowest BCUT2D eigenvalue weighted by atomic mass is 9.62. The highest BCUT2D eigenvalue weighted by molar-refractivity contribution is 7.89. The fraction of sp³-hybridized carbons (Fsp3) is 0.385. The first-order valence-corrected chi connectivity index (χ1v) is 13.3. The molecule has 0 unspecified atom stereocenters. The van der Waals surface area contributed by atoms with Crippen molar-refractivity contribution in [2.75, 3.05) is 0 Å². The summed E-state index contributed by atoms with van der Waals surface area (Å²) in [6, 6.07) is 9.80. The van der Waals surface area contributed by atoms with Crippen LogP contribution in [-0.4, -0.2) is 39.8 Å². The number of hydrogen-bond acceptors (Lipinski definition) is 6. The Hall–Kier alpha value is -3.33. The molecule has 2 aliphatic rings. The average molecular weight is 530 g/mol. The molecule has 0 radical (unpaired) electrons. The van der Waals surface area contributed by atoms with Crippen molar-refractivity contribution in [2.24, 2.45) is 7.05 Å². The van der Waals surface area contributed by atoms with Gasteiger partial charge in [-0.1, -0.05) is 36.3 Å². The first kappa shape index (κ1) is 25.3. The van der Waals surface area contributed by atoms with Gasteiger partial charge < -0.3 is 9.52 Å². The summed E-state index contributed by atoms with van der Waals surface area (Å²) in [5.74, 6) is -0.0852. The number of aliphatic hydroxyl groups excluding tert-OH is 1. The van der Waals surface area contributed by atoms with Crippen LogP contribution in [0, 0.1) is 24.0 Å². The summed E-state index contributed by atoms with van der Waals surface area (Å²) in [5, 5.41) is 13.1. The van der Waals surface area contributed by atoms with E-state index in [0.29, 0.717) is 18.4 Å². The molecule has 0 amide bonds. The van der Waals surface area contributed by atoms with E-state index in [1.807, 2.05) is 0 Å². The van der Waals surface area contributed by atoms with Crippen LogP contribution in [-0.2, 0) is 29.0 Å². The molecule has 1 saturated heterocycles. The van der Waals surface area contributed by atoms with Crippen LogP contribution < -0.4 is 5.76 Å². The highest BCUT2D eigenvalue weighted by Crippen LogP contribution is 2.49. The van der Waals surface area contributed by atoms with Crippen molar-refractivity contribution >= 4 is 10.0 Å². The van der Waals surface area contributed by atoms with Crippen LogP contribution in [0.15, 0.2) is 51.7 Å². The van der Waals surface area contributed by atoms with Crippen LogP contribution in [0.25, 0.3) is 0 Å². The molecule has 11 heteroatoms. The fourth-order valence-electron chi connectivity index (χ4n) is 5.35. The summed E-state index contributed by atoms with van der Waals surface area (Å²) in [5.41, 5.74) is -1.03. The van der Waals surface area contributed by atoms with Gasteiger partial charge in [-0.15, -0.1) is 11.5 Å². The standard InChI is InChI=1S/C26H25F2N3O5S/c1-3-18-9-10-23(16-7-5-4-6-8-16)37(34,35)31(18)15-17-11-22(28)20(12-21(17)27)26(13-19(32)14-26)24-29-30(2)25(33)36-24/h1,4-8,11-12,18-19,23,32H,9-10,13-15H2,2H3/t18-,19-,23+,26+/m0/s1. The van der Waals surface area contributed by atoms with Gasteiger partial charge in [0.25, 0.3) is 0 Å². The Morgan fingerprint density at radius 2 is 1.89 bits per heavy atom.